The summed E-state index contributed by atoms with van der Waals surface area (Å²) in [6.07, 6.45) is 4.89. The molecule has 5 heteroatoms. The van der Waals surface area contributed by atoms with Crippen LogP contribution in [0.2, 0.25) is 0 Å². The van der Waals surface area contributed by atoms with Crippen molar-refractivity contribution in [3.63, 3.8) is 0 Å². The summed E-state index contributed by atoms with van der Waals surface area (Å²) in [5.74, 6) is 0. The first-order valence-corrected chi connectivity index (χ1v) is 4.50. The molecule has 15 heavy (non-hydrogen) atoms. The zero-order valence-corrected chi connectivity index (χ0v) is 10.1. The van der Waals surface area contributed by atoms with Crippen molar-refractivity contribution in [1.29, 1.82) is 0 Å². The minimum Gasteiger partial charge on any atom is -0.323 e. The number of aromatic nitrogens is 2. The van der Waals surface area contributed by atoms with Gasteiger partial charge >= 0.3 is 0 Å². The van der Waals surface area contributed by atoms with Crippen LogP contribution in [-0.2, 0) is 0 Å². The second-order valence-corrected chi connectivity index (χ2v) is 3.15. The number of halogens is 2. The van der Waals surface area contributed by atoms with Crippen molar-refractivity contribution in [3.8, 4) is 0 Å². The van der Waals surface area contributed by atoms with Crippen LogP contribution in [0.5, 0.6) is 0 Å². The van der Waals surface area contributed by atoms with Gasteiger partial charge in [-0.1, -0.05) is 13.0 Å². The average Bonchev–Trinajstić information content (AvgIpc) is 2.59. The van der Waals surface area contributed by atoms with Crippen LogP contribution in [0.4, 0.5) is 0 Å². The van der Waals surface area contributed by atoms with E-state index in [4.69, 9.17) is 5.73 Å². The third-order valence-electron chi connectivity index (χ3n) is 2.20. The van der Waals surface area contributed by atoms with Gasteiger partial charge in [-0.3, -0.25) is 0 Å². The molecule has 3 nitrogen and oxygen atoms in total. The van der Waals surface area contributed by atoms with Crippen molar-refractivity contribution in [2.75, 3.05) is 0 Å². The monoisotopic (exact) mass is 247 g/mol. The van der Waals surface area contributed by atoms with E-state index in [1.54, 1.807) is 0 Å². The summed E-state index contributed by atoms with van der Waals surface area (Å²) < 4.78 is 1.99. The highest BCUT2D eigenvalue weighted by atomic mass is 35.5. The summed E-state index contributed by atoms with van der Waals surface area (Å²) in [7, 11) is 0. The molecule has 84 valence electrons. The molecule has 2 N–H and O–H groups in total. The molecule has 0 aliphatic carbocycles. The number of pyridine rings is 1. The molecule has 0 bridgehead atoms. The highest BCUT2D eigenvalue weighted by molar-refractivity contribution is 5.85. The maximum Gasteiger partial charge on any atom is 0.137 e. The first-order valence-electron chi connectivity index (χ1n) is 4.50. The van der Waals surface area contributed by atoms with Gasteiger partial charge in [0.25, 0.3) is 0 Å². The normalized spacial score (nSPS) is 11.6. The quantitative estimate of drug-likeness (QED) is 0.887. The van der Waals surface area contributed by atoms with E-state index < -0.39 is 0 Å². The molecular weight excluding hydrogens is 233 g/mol. The van der Waals surface area contributed by atoms with Gasteiger partial charge in [0.15, 0.2) is 0 Å². The van der Waals surface area contributed by atoms with Crippen molar-refractivity contribution in [3.05, 3.63) is 36.3 Å². The van der Waals surface area contributed by atoms with Crippen LogP contribution < -0.4 is 5.73 Å². The maximum absolute atomic E-state index is 5.88. The van der Waals surface area contributed by atoms with Gasteiger partial charge < -0.3 is 10.1 Å². The van der Waals surface area contributed by atoms with Crippen molar-refractivity contribution in [2.24, 2.45) is 5.73 Å². The minimum atomic E-state index is 0. The topological polar surface area (TPSA) is 43.3 Å². The van der Waals surface area contributed by atoms with Gasteiger partial charge in [0.05, 0.1) is 5.69 Å². The van der Waals surface area contributed by atoms with Gasteiger partial charge in [-0.2, -0.15) is 0 Å². The molecule has 0 spiro atoms. The molecule has 0 fully saturated rings. The molecule has 0 saturated heterocycles. The van der Waals surface area contributed by atoms with Crippen LogP contribution in [0.3, 0.4) is 0 Å². The SMILES string of the molecule is CCC(N)c1cn2ccccc2n1.Cl.Cl. The Labute approximate surface area is 102 Å². The van der Waals surface area contributed by atoms with Gasteiger partial charge in [-0.15, -0.1) is 24.8 Å². The average molecular weight is 248 g/mol. The van der Waals surface area contributed by atoms with Crippen LogP contribution >= 0.6 is 24.8 Å². The number of nitrogens with zero attached hydrogens (tertiary/aromatic N) is 2. The zero-order chi connectivity index (χ0) is 9.26. The number of rotatable bonds is 2. The molecule has 1 unspecified atom stereocenters. The van der Waals surface area contributed by atoms with E-state index in [0.717, 1.165) is 17.8 Å². The smallest absolute Gasteiger partial charge is 0.137 e. The summed E-state index contributed by atoms with van der Waals surface area (Å²) in [5.41, 5.74) is 7.81. The third-order valence-corrected chi connectivity index (χ3v) is 2.20. The van der Waals surface area contributed by atoms with Gasteiger partial charge in [0.2, 0.25) is 0 Å². The first-order chi connectivity index (χ1) is 6.31. The number of nitrogens with two attached hydrogens (primary N) is 1. The van der Waals surface area contributed by atoms with E-state index in [0.29, 0.717) is 0 Å². The second kappa shape index (κ2) is 5.95. The summed E-state index contributed by atoms with van der Waals surface area (Å²) in [6, 6.07) is 5.99. The predicted octanol–water partition coefficient (Wildman–Crippen LogP) is 2.59. The molecule has 0 saturated carbocycles. The number of imidazole rings is 1. The fraction of sp³-hybridized carbons (Fsp3) is 0.300. The lowest BCUT2D eigenvalue weighted by Crippen LogP contribution is -2.08. The number of fused-ring (bicyclic) bond motifs is 1. The molecule has 2 heterocycles. The zero-order valence-electron chi connectivity index (χ0n) is 8.46. The van der Waals surface area contributed by atoms with E-state index in [-0.39, 0.29) is 30.9 Å². The molecule has 0 amide bonds. The molecule has 0 aliphatic heterocycles. The van der Waals surface area contributed by atoms with E-state index in [1.165, 1.54) is 0 Å². The van der Waals surface area contributed by atoms with Crippen molar-refractivity contribution in [2.45, 2.75) is 19.4 Å². The molecule has 0 aromatic carbocycles. The van der Waals surface area contributed by atoms with Crippen LogP contribution in [-0.4, -0.2) is 9.38 Å². The molecule has 0 aliphatic rings. The Kier molecular flexibility index (Phi) is 5.65. The van der Waals surface area contributed by atoms with Crippen LogP contribution in [0.1, 0.15) is 25.1 Å². The van der Waals surface area contributed by atoms with E-state index in [2.05, 4.69) is 11.9 Å². The largest absolute Gasteiger partial charge is 0.323 e. The Morgan fingerprint density at radius 2 is 2.13 bits per heavy atom. The van der Waals surface area contributed by atoms with Crippen LogP contribution in [0, 0.1) is 0 Å². The molecular formula is C10H15Cl2N3. The highest BCUT2D eigenvalue weighted by Gasteiger charge is 2.07. The van der Waals surface area contributed by atoms with Crippen LogP contribution in [0.15, 0.2) is 30.6 Å². The summed E-state index contributed by atoms with van der Waals surface area (Å²) in [4.78, 5) is 4.42. The Bertz CT molecular complexity index is 381. The Morgan fingerprint density at radius 1 is 1.40 bits per heavy atom. The lowest BCUT2D eigenvalue weighted by molar-refractivity contribution is 0.680. The first kappa shape index (κ1) is 14.2. The minimum absolute atomic E-state index is 0. The van der Waals surface area contributed by atoms with Crippen LogP contribution in [0.25, 0.3) is 5.65 Å². The van der Waals surface area contributed by atoms with E-state index >= 15 is 0 Å². The van der Waals surface area contributed by atoms with Crippen molar-refractivity contribution < 1.29 is 0 Å². The Morgan fingerprint density at radius 3 is 2.73 bits per heavy atom. The van der Waals surface area contributed by atoms with E-state index in [1.807, 2.05) is 35.0 Å². The molecule has 2 aromatic rings. The standard InChI is InChI=1S/C10H13N3.2ClH/c1-2-8(11)9-7-13-6-4-3-5-10(13)12-9;;/h3-8H,2,11H2,1H3;2*1H. The molecule has 2 aromatic heterocycles. The maximum atomic E-state index is 5.88. The molecule has 0 radical (unpaired) electrons. The van der Waals surface area contributed by atoms with Crippen molar-refractivity contribution >= 4 is 30.5 Å². The lowest BCUT2D eigenvalue weighted by Gasteiger charge is -2.01. The highest BCUT2D eigenvalue weighted by Crippen LogP contribution is 2.13. The predicted molar refractivity (Wildman–Crippen MR) is 66.9 cm³/mol. The molecule has 2 rings (SSSR count). The van der Waals surface area contributed by atoms with Gasteiger partial charge in [0.1, 0.15) is 5.65 Å². The summed E-state index contributed by atoms with van der Waals surface area (Å²) >= 11 is 0. The fourth-order valence-corrected chi connectivity index (χ4v) is 1.34. The number of hydrogen-bond donors (Lipinski definition) is 1. The lowest BCUT2D eigenvalue weighted by atomic mass is 10.2. The third kappa shape index (κ3) is 2.84. The number of hydrogen-bond acceptors (Lipinski definition) is 2. The van der Waals surface area contributed by atoms with Gasteiger partial charge in [0, 0.05) is 18.4 Å². The van der Waals surface area contributed by atoms with Gasteiger partial charge in [-0.25, -0.2) is 4.98 Å². The fourth-order valence-electron chi connectivity index (χ4n) is 1.34. The summed E-state index contributed by atoms with van der Waals surface area (Å²) in [5, 5.41) is 0. The Balaban J connectivity index is 0.000000980. The van der Waals surface area contributed by atoms with Gasteiger partial charge in [-0.05, 0) is 18.6 Å². The summed E-state index contributed by atoms with van der Waals surface area (Å²) in [6.45, 7) is 2.06. The second-order valence-electron chi connectivity index (χ2n) is 3.15. The van der Waals surface area contributed by atoms with Crippen molar-refractivity contribution in [1.82, 2.24) is 9.38 Å². The van der Waals surface area contributed by atoms with E-state index in [9.17, 15) is 0 Å². The Hall–Kier alpha value is -0.770. The molecule has 1 atom stereocenters.